The third kappa shape index (κ3) is 9.13. The molecule has 0 aromatic heterocycles. The van der Waals surface area contributed by atoms with Gasteiger partial charge in [-0.05, 0) is 51.3 Å². The number of rotatable bonds is 8. The second kappa shape index (κ2) is 11.4. The molecule has 0 spiro atoms. The molecular formula is C17H22N2O2. The molecule has 0 aliphatic carbocycles. The monoisotopic (exact) mass is 286 g/mol. The molecule has 1 unspecified atom stereocenters. The van der Waals surface area contributed by atoms with Gasteiger partial charge in [0.25, 0.3) is 12.5 Å². The maximum absolute atomic E-state index is 8.48. The number of nitriles is 2. The number of hydrogen-bond donors (Lipinski definition) is 0. The second-order valence-corrected chi connectivity index (χ2v) is 4.56. The van der Waals surface area contributed by atoms with Crippen LogP contribution >= 0.6 is 0 Å². The van der Waals surface area contributed by atoms with Crippen molar-refractivity contribution >= 4 is 0 Å². The highest BCUT2D eigenvalue weighted by molar-refractivity contribution is 5.21. The predicted molar refractivity (Wildman–Crippen MR) is 82.4 cm³/mol. The SMILES string of the molecule is C/C=C(\C=C/C(C)OC#N)C[C@@H](C)/C=C\C(=C/C)OC#N. The first-order valence-corrected chi connectivity index (χ1v) is 6.85. The number of ether oxygens (including phenoxy) is 2. The van der Waals surface area contributed by atoms with Crippen LogP contribution in [0.15, 0.2) is 47.8 Å². The summed E-state index contributed by atoms with van der Waals surface area (Å²) in [5.74, 6) is 0.836. The van der Waals surface area contributed by atoms with Crippen LogP contribution in [0.1, 0.15) is 34.1 Å². The molecule has 0 saturated carbocycles. The molecule has 21 heavy (non-hydrogen) atoms. The molecule has 0 aromatic carbocycles. The Kier molecular flexibility index (Phi) is 10.0. The molecule has 0 N–H and O–H groups in total. The van der Waals surface area contributed by atoms with Crippen LogP contribution in [0.5, 0.6) is 0 Å². The largest absolute Gasteiger partial charge is 0.420 e. The molecule has 0 aliphatic rings. The molecule has 112 valence electrons. The summed E-state index contributed by atoms with van der Waals surface area (Å²) in [6.07, 6.45) is 15.3. The minimum atomic E-state index is -0.227. The number of hydrogen-bond acceptors (Lipinski definition) is 4. The summed E-state index contributed by atoms with van der Waals surface area (Å²) >= 11 is 0. The van der Waals surface area contributed by atoms with E-state index in [1.165, 1.54) is 0 Å². The topological polar surface area (TPSA) is 66.0 Å². The Labute approximate surface area is 127 Å². The predicted octanol–water partition coefficient (Wildman–Crippen LogP) is 4.36. The van der Waals surface area contributed by atoms with Gasteiger partial charge in [-0.1, -0.05) is 30.7 Å². The van der Waals surface area contributed by atoms with E-state index in [0.29, 0.717) is 11.7 Å². The zero-order valence-corrected chi connectivity index (χ0v) is 13.0. The summed E-state index contributed by atoms with van der Waals surface area (Å²) in [4.78, 5) is 0. The number of allylic oxidation sites excluding steroid dienone is 6. The van der Waals surface area contributed by atoms with Crippen molar-refractivity contribution in [3.8, 4) is 12.5 Å². The van der Waals surface area contributed by atoms with E-state index in [4.69, 9.17) is 20.0 Å². The fourth-order valence-corrected chi connectivity index (χ4v) is 1.60. The van der Waals surface area contributed by atoms with Crippen molar-refractivity contribution in [1.29, 1.82) is 10.5 Å². The lowest BCUT2D eigenvalue weighted by molar-refractivity contribution is 0.224. The van der Waals surface area contributed by atoms with Crippen LogP contribution in [-0.2, 0) is 9.47 Å². The van der Waals surface area contributed by atoms with Gasteiger partial charge in [0.05, 0.1) is 0 Å². The van der Waals surface area contributed by atoms with E-state index < -0.39 is 0 Å². The Hall–Kier alpha value is -2.46. The first-order chi connectivity index (χ1) is 10.1. The second-order valence-electron chi connectivity index (χ2n) is 4.56. The van der Waals surface area contributed by atoms with Gasteiger partial charge in [-0.3, -0.25) is 0 Å². The summed E-state index contributed by atoms with van der Waals surface area (Å²) in [5, 5.41) is 16.9. The standard InChI is InChI=1S/C17H22N2O2/c1-5-16(9-8-15(4)20-12-18)11-14(3)7-10-17(6-2)21-13-19/h5-10,14-15H,11H2,1-4H3/b9-8-,10-7-,16-5+,17-6+/t14-,15?/m0/s1. The van der Waals surface area contributed by atoms with E-state index in [9.17, 15) is 0 Å². The zero-order chi connectivity index (χ0) is 16.1. The van der Waals surface area contributed by atoms with Gasteiger partial charge in [-0.2, -0.15) is 5.26 Å². The minimum Gasteiger partial charge on any atom is -0.420 e. The van der Waals surface area contributed by atoms with Crippen molar-refractivity contribution in [3.05, 3.63) is 47.8 Å². The van der Waals surface area contributed by atoms with Crippen molar-refractivity contribution < 1.29 is 9.47 Å². The summed E-state index contributed by atoms with van der Waals surface area (Å²) in [7, 11) is 0. The van der Waals surface area contributed by atoms with Crippen LogP contribution in [0.25, 0.3) is 0 Å². The van der Waals surface area contributed by atoms with Gasteiger partial charge in [-0.15, -0.1) is 5.26 Å². The van der Waals surface area contributed by atoms with Crippen molar-refractivity contribution in [2.75, 3.05) is 0 Å². The van der Waals surface area contributed by atoms with E-state index in [0.717, 1.165) is 12.0 Å². The lowest BCUT2D eigenvalue weighted by Crippen LogP contribution is -1.99. The van der Waals surface area contributed by atoms with Crippen LogP contribution in [0.3, 0.4) is 0 Å². The molecule has 0 rings (SSSR count). The summed E-state index contributed by atoms with van der Waals surface area (Å²) in [6, 6.07) is 0. The van der Waals surface area contributed by atoms with Crippen LogP contribution < -0.4 is 0 Å². The average Bonchev–Trinajstić information content (AvgIpc) is 2.47. The molecule has 4 nitrogen and oxygen atoms in total. The minimum absolute atomic E-state index is 0.227. The number of nitrogens with zero attached hydrogens (tertiary/aromatic N) is 2. The van der Waals surface area contributed by atoms with Crippen molar-refractivity contribution in [2.24, 2.45) is 5.92 Å². The maximum atomic E-state index is 8.48. The highest BCUT2D eigenvalue weighted by Crippen LogP contribution is 2.15. The Bertz CT molecular complexity index is 502. The fraction of sp³-hybridized carbons (Fsp3) is 0.412. The first kappa shape index (κ1) is 18.5. The maximum Gasteiger partial charge on any atom is 0.292 e. The summed E-state index contributed by atoms with van der Waals surface area (Å²) in [6.45, 7) is 7.69. The van der Waals surface area contributed by atoms with E-state index in [2.05, 4.69) is 6.92 Å². The molecular weight excluding hydrogens is 264 g/mol. The summed E-state index contributed by atoms with van der Waals surface area (Å²) < 4.78 is 9.57. The van der Waals surface area contributed by atoms with Gasteiger partial charge in [0.2, 0.25) is 0 Å². The molecule has 0 saturated heterocycles. The molecule has 0 aliphatic heterocycles. The molecule has 0 amide bonds. The molecule has 0 fully saturated rings. The average molecular weight is 286 g/mol. The van der Waals surface area contributed by atoms with Crippen molar-refractivity contribution in [1.82, 2.24) is 0 Å². The van der Waals surface area contributed by atoms with Crippen molar-refractivity contribution in [3.63, 3.8) is 0 Å². The molecule has 2 atom stereocenters. The smallest absolute Gasteiger partial charge is 0.292 e. The highest BCUT2D eigenvalue weighted by Gasteiger charge is 2.02. The van der Waals surface area contributed by atoms with Crippen molar-refractivity contribution in [2.45, 2.75) is 40.2 Å². The Morgan fingerprint density at radius 3 is 2.29 bits per heavy atom. The lowest BCUT2D eigenvalue weighted by Gasteiger charge is -2.08. The third-order valence-corrected chi connectivity index (χ3v) is 2.79. The van der Waals surface area contributed by atoms with Gasteiger partial charge in [0, 0.05) is 0 Å². The Morgan fingerprint density at radius 1 is 1.05 bits per heavy atom. The molecule has 0 aromatic rings. The first-order valence-electron chi connectivity index (χ1n) is 6.85. The van der Waals surface area contributed by atoms with E-state index >= 15 is 0 Å². The van der Waals surface area contributed by atoms with Crippen LogP contribution in [0.4, 0.5) is 0 Å². The fourth-order valence-electron chi connectivity index (χ4n) is 1.60. The lowest BCUT2D eigenvalue weighted by atomic mass is 9.99. The quantitative estimate of drug-likeness (QED) is 0.378. The van der Waals surface area contributed by atoms with E-state index in [1.807, 2.05) is 45.1 Å². The molecule has 0 heterocycles. The van der Waals surface area contributed by atoms with Crippen LogP contribution in [-0.4, -0.2) is 6.10 Å². The Morgan fingerprint density at radius 2 is 1.76 bits per heavy atom. The molecule has 4 heteroatoms. The van der Waals surface area contributed by atoms with Crippen LogP contribution in [0, 0.1) is 29.0 Å². The van der Waals surface area contributed by atoms with Crippen LogP contribution in [0.2, 0.25) is 0 Å². The van der Waals surface area contributed by atoms with Gasteiger partial charge >= 0.3 is 0 Å². The molecule has 0 bridgehead atoms. The highest BCUT2D eigenvalue weighted by atomic mass is 16.5. The van der Waals surface area contributed by atoms with Gasteiger partial charge in [0.1, 0.15) is 11.9 Å². The van der Waals surface area contributed by atoms with Gasteiger partial charge in [-0.25, -0.2) is 0 Å². The van der Waals surface area contributed by atoms with Gasteiger partial charge < -0.3 is 9.47 Å². The third-order valence-electron chi connectivity index (χ3n) is 2.79. The normalized spacial score (nSPS) is 15.5. The summed E-state index contributed by atoms with van der Waals surface area (Å²) in [5.41, 5.74) is 1.16. The molecule has 0 radical (unpaired) electrons. The zero-order valence-electron chi connectivity index (χ0n) is 13.0. The Balaban J connectivity index is 4.54. The van der Waals surface area contributed by atoms with E-state index in [-0.39, 0.29) is 6.10 Å². The van der Waals surface area contributed by atoms with Gasteiger partial charge in [0.15, 0.2) is 0 Å². The van der Waals surface area contributed by atoms with E-state index in [1.54, 1.807) is 24.7 Å².